The zero-order valence-corrected chi connectivity index (χ0v) is 14.8. The van der Waals surface area contributed by atoms with E-state index in [1.165, 1.54) is 0 Å². The van der Waals surface area contributed by atoms with Crippen molar-refractivity contribution in [2.45, 2.75) is 19.6 Å². The molecule has 2 aromatic rings. The number of hydrogen-bond donors (Lipinski definition) is 1. The Morgan fingerprint density at radius 1 is 0.957 bits per heavy atom. The molecule has 0 aliphatic carbocycles. The standard InChI is InChI=1S/C20H21NOSi/c1-23(2,3)15-14-19(22)16-20(17-10-6-4-7-11-17)21-18-12-8-5-9-13-18/h4-13,16,21H,1-3H3/b20-16-. The molecule has 0 atom stereocenters. The number of para-hydroxylation sites is 1. The topological polar surface area (TPSA) is 29.1 Å². The van der Waals surface area contributed by atoms with Crippen LogP contribution in [0.25, 0.3) is 5.70 Å². The van der Waals surface area contributed by atoms with Crippen LogP contribution in [0.1, 0.15) is 5.56 Å². The average molecular weight is 319 g/mol. The van der Waals surface area contributed by atoms with Crippen LogP contribution in [0.4, 0.5) is 5.69 Å². The van der Waals surface area contributed by atoms with E-state index < -0.39 is 8.07 Å². The summed E-state index contributed by atoms with van der Waals surface area (Å²) < 4.78 is 0. The fourth-order valence-corrected chi connectivity index (χ4v) is 2.40. The number of nitrogens with one attached hydrogen (secondary N) is 1. The van der Waals surface area contributed by atoms with Crippen LogP contribution < -0.4 is 5.32 Å². The van der Waals surface area contributed by atoms with E-state index in [0.29, 0.717) is 0 Å². The third-order valence-corrected chi connectivity index (χ3v) is 3.85. The summed E-state index contributed by atoms with van der Waals surface area (Å²) in [6, 6.07) is 19.6. The molecule has 0 aromatic heterocycles. The van der Waals surface area contributed by atoms with Crippen molar-refractivity contribution in [1.29, 1.82) is 0 Å². The first-order valence-corrected chi connectivity index (χ1v) is 11.1. The van der Waals surface area contributed by atoms with Crippen LogP contribution in [0.3, 0.4) is 0 Å². The summed E-state index contributed by atoms with van der Waals surface area (Å²) in [5.74, 6) is 2.59. The van der Waals surface area contributed by atoms with Gasteiger partial charge in [-0.15, -0.1) is 5.54 Å². The van der Waals surface area contributed by atoms with Gasteiger partial charge in [0.2, 0.25) is 5.78 Å². The average Bonchev–Trinajstić information content (AvgIpc) is 2.53. The van der Waals surface area contributed by atoms with E-state index in [1.54, 1.807) is 6.08 Å². The monoisotopic (exact) mass is 319 g/mol. The SMILES string of the molecule is C[Si](C)(C)C#CC(=O)/C=C(\Nc1ccccc1)c1ccccc1. The van der Waals surface area contributed by atoms with Gasteiger partial charge in [0.25, 0.3) is 0 Å². The Morgan fingerprint density at radius 2 is 1.52 bits per heavy atom. The van der Waals surface area contributed by atoms with E-state index >= 15 is 0 Å². The smallest absolute Gasteiger partial charge is 0.230 e. The molecule has 0 radical (unpaired) electrons. The number of anilines is 1. The number of carbonyl (C=O) groups is 1. The summed E-state index contributed by atoms with van der Waals surface area (Å²) in [7, 11) is -1.56. The number of rotatable bonds is 4. The van der Waals surface area contributed by atoms with Crippen molar-refractivity contribution in [2.75, 3.05) is 5.32 Å². The molecule has 2 rings (SSSR count). The summed E-state index contributed by atoms with van der Waals surface area (Å²) in [6.45, 7) is 6.37. The van der Waals surface area contributed by atoms with Crippen LogP contribution in [-0.2, 0) is 4.79 Å². The van der Waals surface area contributed by atoms with E-state index in [0.717, 1.165) is 16.9 Å². The molecule has 3 heteroatoms. The molecule has 0 saturated carbocycles. The molecule has 1 N–H and O–H groups in total. The summed E-state index contributed by atoms with van der Waals surface area (Å²) in [4.78, 5) is 12.2. The predicted octanol–water partition coefficient (Wildman–Crippen LogP) is 4.59. The van der Waals surface area contributed by atoms with Crippen molar-refractivity contribution in [3.05, 3.63) is 72.3 Å². The van der Waals surface area contributed by atoms with Gasteiger partial charge in [0.05, 0.1) is 5.70 Å². The minimum absolute atomic E-state index is 0.172. The molecule has 0 bridgehead atoms. The maximum absolute atomic E-state index is 12.2. The fraction of sp³-hybridized carbons (Fsp3) is 0.150. The Morgan fingerprint density at radius 3 is 2.09 bits per heavy atom. The van der Waals surface area contributed by atoms with Gasteiger partial charge in [-0.1, -0.05) is 68.2 Å². The van der Waals surface area contributed by atoms with E-state index in [4.69, 9.17) is 0 Å². The molecule has 0 saturated heterocycles. The maximum atomic E-state index is 12.2. The van der Waals surface area contributed by atoms with E-state index in [9.17, 15) is 4.79 Å². The highest BCUT2D eigenvalue weighted by molar-refractivity contribution is 6.84. The highest BCUT2D eigenvalue weighted by Crippen LogP contribution is 2.18. The van der Waals surface area contributed by atoms with Gasteiger partial charge in [-0.3, -0.25) is 4.79 Å². The van der Waals surface area contributed by atoms with Crippen LogP contribution in [0, 0.1) is 11.5 Å². The summed E-state index contributed by atoms with van der Waals surface area (Å²) in [5, 5.41) is 3.31. The van der Waals surface area contributed by atoms with Crippen molar-refractivity contribution in [3.63, 3.8) is 0 Å². The lowest BCUT2D eigenvalue weighted by Gasteiger charge is -2.11. The molecule has 0 spiro atoms. The Kier molecular flexibility index (Phi) is 5.56. The van der Waals surface area contributed by atoms with Crippen LogP contribution in [0.15, 0.2) is 66.7 Å². The third-order valence-electron chi connectivity index (χ3n) is 2.97. The van der Waals surface area contributed by atoms with Gasteiger partial charge in [-0.25, -0.2) is 0 Å². The van der Waals surface area contributed by atoms with Gasteiger partial charge in [-0.05, 0) is 23.6 Å². The van der Waals surface area contributed by atoms with E-state index in [1.807, 2.05) is 60.7 Å². The Hall–Kier alpha value is -2.57. The summed E-state index contributed by atoms with van der Waals surface area (Å²) in [6.07, 6.45) is 1.58. The van der Waals surface area contributed by atoms with Crippen molar-refractivity contribution < 1.29 is 4.79 Å². The van der Waals surface area contributed by atoms with Gasteiger partial charge >= 0.3 is 0 Å². The minimum Gasteiger partial charge on any atom is -0.355 e. The second-order valence-corrected chi connectivity index (χ2v) is 11.0. The highest BCUT2D eigenvalue weighted by Gasteiger charge is 2.09. The lowest BCUT2D eigenvalue weighted by Crippen LogP contribution is -2.17. The Bertz CT molecular complexity index is 747. The molecule has 2 aromatic carbocycles. The van der Waals surface area contributed by atoms with Crippen LogP contribution in [-0.4, -0.2) is 13.9 Å². The fourth-order valence-electron chi connectivity index (χ4n) is 1.90. The molecule has 2 nitrogen and oxygen atoms in total. The van der Waals surface area contributed by atoms with Gasteiger partial charge < -0.3 is 5.32 Å². The number of allylic oxidation sites excluding steroid dienone is 1. The minimum atomic E-state index is -1.56. The lowest BCUT2D eigenvalue weighted by atomic mass is 10.1. The zero-order valence-electron chi connectivity index (χ0n) is 13.8. The Labute approximate surface area is 139 Å². The largest absolute Gasteiger partial charge is 0.355 e. The number of carbonyl (C=O) groups excluding carboxylic acids is 1. The van der Waals surface area contributed by atoms with Gasteiger partial charge in [-0.2, -0.15) is 0 Å². The maximum Gasteiger partial charge on any atom is 0.230 e. The molecule has 0 aliphatic heterocycles. The van der Waals surface area contributed by atoms with Crippen molar-refractivity contribution >= 4 is 25.2 Å². The molecule has 0 unspecified atom stereocenters. The van der Waals surface area contributed by atoms with Crippen LogP contribution >= 0.6 is 0 Å². The molecule has 0 heterocycles. The number of benzene rings is 2. The van der Waals surface area contributed by atoms with E-state index in [-0.39, 0.29) is 5.78 Å². The molecule has 116 valence electrons. The lowest BCUT2D eigenvalue weighted by molar-refractivity contribution is -0.109. The van der Waals surface area contributed by atoms with E-state index in [2.05, 4.69) is 36.4 Å². The molecule has 23 heavy (non-hydrogen) atoms. The second kappa shape index (κ2) is 7.62. The number of hydrogen-bond acceptors (Lipinski definition) is 2. The van der Waals surface area contributed by atoms with Gasteiger partial charge in [0.15, 0.2) is 0 Å². The zero-order chi connectivity index (χ0) is 16.7. The van der Waals surface area contributed by atoms with Gasteiger partial charge in [0.1, 0.15) is 8.07 Å². The Balaban J connectivity index is 2.31. The first-order valence-electron chi connectivity index (χ1n) is 7.60. The normalized spacial score (nSPS) is 11.3. The van der Waals surface area contributed by atoms with Crippen molar-refractivity contribution in [2.24, 2.45) is 0 Å². The highest BCUT2D eigenvalue weighted by atomic mass is 28.3. The molecule has 0 amide bonds. The summed E-state index contributed by atoms with van der Waals surface area (Å²) >= 11 is 0. The first kappa shape index (κ1) is 16.8. The molecule has 0 fully saturated rings. The van der Waals surface area contributed by atoms with Gasteiger partial charge in [0, 0.05) is 11.8 Å². The summed E-state index contributed by atoms with van der Waals surface area (Å²) in [5.41, 5.74) is 5.76. The molecular weight excluding hydrogens is 298 g/mol. The van der Waals surface area contributed by atoms with Crippen molar-refractivity contribution in [3.8, 4) is 11.5 Å². The molecular formula is C20H21NOSi. The quantitative estimate of drug-likeness (QED) is 0.507. The van der Waals surface area contributed by atoms with Crippen LogP contribution in [0.2, 0.25) is 19.6 Å². The third kappa shape index (κ3) is 5.97. The number of ketones is 1. The van der Waals surface area contributed by atoms with Crippen LogP contribution in [0.5, 0.6) is 0 Å². The van der Waals surface area contributed by atoms with Crippen molar-refractivity contribution in [1.82, 2.24) is 0 Å². The first-order chi connectivity index (χ1) is 10.9. The predicted molar refractivity (Wildman–Crippen MR) is 101 cm³/mol. The second-order valence-electron chi connectivity index (χ2n) is 6.28. The molecule has 0 aliphatic rings.